The van der Waals surface area contributed by atoms with Crippen molar-refractivity contribution in [3.8, 4) is 0 Å². The number of hydrogen-bond acceptors (Lipinski definition) is 6. The normalized spacial score (nSPS) is 26.3. The summed E-state index contributed by atoms with van der Waals surface area (Å²) in [5.74, 6) is -1.74. The van der Waals surface area contributed by atoms with Gasteiger partial charge < -0.3 is 15.3 Å². The average Bonchev–Trinajstić information content (AvgIpc) is 2.28. The highest BCUT2D eigenvalue weighted by atomic mass is 32.2. The second-order valence-corrected chi connectivity index (χ2v) is 5.09. The highest BCUT2D eigenvalue weighted by Crippen LogP contribution is 2.44. The molecule has 2 atom stereocenters. The first-order chi connectivity index (χ1) is 6.49. The fourth-order valence-corrected chi connectivity index (χ4v) is 3.04. The number of thioether (sulfide) groups is 2. The molecule has 1 saturated heterocycles. The van der Waals surface area contributed by atoms with Crippen LogP contribution in [0.5, 0.6) is 0 Å². The summed E-state index contributed by atoms with van der Waals surface area (Å²) in [6, 6.07) is 0. The van der Waals surface area contributed by atoms with E-state index in [1.165, 1.54) is 0 Å². The van der Waals surface area contributed by atoms with Crippen molar-refractivity contribution in [1.29, 1.82) is 0 Å². The van der Waals surface area contributed by atoms with Gasteiger partial charge in [-0.15, -0.1) is 0 Å². The lowest BCUT2D eigenvalue weighted by Crippen LogP contribution is -2.11. The van der Waals surface area contributed by atoms with Crippen molar-refractivity contribution in [2.75, 3.05) is 0 Å². The van der Waals surface area contributed by atoms with Crippen LogP contribution in [0.1, 0.15) is 6.42 Å². The van der Waals surface area contributed by atoms with Crippen LogP contribution in [0, 0.1) is 0 Å². The Labute approximate surface area is 88.2 Å². The third kappa shape index (κ3) is 3.33. The number of aliphatic hydroxyl groups excluding tert-OH is 2. The van der Waals surface area contributed by atoms with Gasteiger partial charge in [-0.05, 0) is 0 Å². The van der Waals surface area contributed by atoms with Crippen LogP contribution in [-0.4, -0.2) is 37.9 Å². The van der Waals surface area contributed by atoms with Gasteiger partial charge >= 0.3 is 5.97 Å². The maximum Gasteiger partial charge on any atom is 0.311 e. The number of rotatable bonds is 3. The zero-order chi connectivity index (χ0) is 10.7. The van der Waals surface area contributed by atoms with E-state index in [-0.39, 0.29) is 0 Å². The van der Waals surface area contributed by atoms with Crippen molar-refractivity contribution < 1.29 is 24.9 Å². The predicted octanol–water partition coefficient (Wildman–Crippen LogP) is -0.0116. The number of ketones is 1. The Kier molecular flexibility index (Phi) is 3.99. The van der Waals surface area contributed by atoms with Gasteiger partial charge in [-0.1, -0.05) is 23.5 Å². The van der Waals surface area contributed by atoms with Crippen molar-refractivity contribution in [1.82, 2.24) is 0 Å². The van der Waals surface area contributed by atoms with Crippen LogP contribution in [0.25, 0.3) is 0 Å². The molecular weight excluding hydrogens is 228 g/mol. The third-order valence-corrected chi connectivity index (χ3v) is 3.77. The first-order valence-electron chi connectivity index (χ1n) is 3.65. The van der Waals surface area contributed by atoms with E-state index >= 15 is 0 Å². The van der Waals surface area contributed by atoms with Gasteiger partial charge in [0.1, 0.15) is 17.3 Å². The summed E-state index contributed by atoms with van der Waals surface area (Å²) in [6.07, 6.45) is 0.555. The molecule has 0 aromatic rings. The number of aliphatic hydroxyl groups is 2. The molecule has 1 rings (SSSR count). The Bertz CT molecular complexity index is 276. The summed E-state index contributed by atoms with van der Waals surface area (Å²) >= 11 is 1.89. The van der Waals surface area contributed by atoms with Gasteiger partial charge in [0.05, 0.1) is 0 Å². The van der Waals surface area contributed by atoms with Gasteiger partial charge in [0.25, 0.3) is 0 Å². The lowest BCUT2D eigenvalue weighted by molar-refractivity contribution is -0.139. The number of aliphatic carboxylic acids is 1. The molecule has 0 aromatic carbocycles. The molecule has 0 aliphatic carbocycles. The Morgan fingerprint density at radius 2 is 1.79 bits per heavy atom. The van der Waals surface area contributed by atoms with E-state index in [1.54, 1.807) is 0 Å². The van der Waals surface area contributed by atoms with Crippen LogP contribution in [0.2, 0.25) is 0 Å². The second kappa shape index (κ2) is 4.83. The van der Waals surface area contributed by atoms with E-state index < -0.39 is 29.0 Å². The van der Waals surface area contributed by atoms with Crippen LogP contribution in [0.15, 0.2) is 10.3 Å². The van der Waals surface area contributed by atoms with Crippen LogP contribution in [-0.2, 0) is 9.59 Å². The minimum absolute atomic E-state index is 0.441. The standard InChI is InChI=1S/C7H8O5S2/c8-3(1-4(9)10)2-5-13-6(11)7(12)14-5/h2,6-7,11-12H,1H2,(H,9,10). The summed E-state index contributed by atoms with van der Waals surface area (Å²) in [6.45, 7) is 0. The van der Waals surface area contributed by atoms with Gasteiger partial charge in [0.2, 0.25) is 0 Å². The molecular formula is C7H8O5S2. The molecule has 0 aromatic heterocycles. The van der Waals surface area contributed by atoms with E-state index in [4.69, 9.17) is 15.3 Å². The van der Waals surface area contributed by atoms with Gasteiger partial charge in [0, 0.05) is 10.3 Å². The first-order valence-corrected chi connectivity index (χ1v) is 5.41. The molecule has 0 amide bonds. The highest BCUT2D eigenvalue weighted by Gasteiger charge is 2.29. The molecule has 14 heavy (non-hydrogen) atoms. The lowest BCUT2D eigenvalue weighted by Gasteiger charge is -2.00. The molecule has 7 heteroatoms. The molecule has 1 aliphatic rings. The topological polar surface area (TPSA) is 94.8 Å². The maximum atomic E-state index is 11.0. The molecule has 0 bridgehead atoms. The first kappa shape index (κ1) is 11.6. The predicted molar refractivity (Wildman–Crippen MR) is 52.5 cm³/mol. The number of hydrogen-bond donors (Lipinski definition) is 3. The fourth-order valence-electron chi connectivity index (χ4n) is 0.782. The van der Waals surface area contributed by atoms with Gasteiger partial charge in [-0.25, -0.2) is 0 Å². The lowest BCUT2D eigenvalue weighted by atomic mass is 10.3. The number of carbonyl (C=O) groups is 2. The zero-order valence-corrected chi connectivity index (χ0v) is 8.55. The molecule has 1 fully saturated rings. The highest BCUT2D eigenvalue weighted by molar-refractivity contribution is 8.25. The molecule has 0 radical (unpaired) electrons. The quantitative estimate of drug-likeness (QED) is 0.468. The van der Waals surface area contributed by atoms with Gasteiger partial charge in [-0.3, -0.25) is 9.59 Å². The van der Waals surface area contributed by atoms with Gasteiger partial charge in [0.15, 0.2) is 5.78 Å². The fraction of sp³-hybridized carbons (Fsp3) is 0.429. The van der Waals surface area contributed by atoms with Crippen molar-refractivity contribution in [2.45, 2.75) is 17.3 Å². The van der Waals surface area contributed by atoms with Crippen LogP contribution >= 0.6 is 23.5 Å². The average molecular weight is 236 g/mol. The number of carboxylic acid groups (broad SMARTS) is 1. The maximum absolute atomic E-state index is 11.0. The van der Waals surface area contributed by atoms with E-state index in [2.05, 4.69) is 0 Å². The van der Waals surface area contributed by atoms with Crippen molar-refractivity contribution in [3.63, 3.8) is 0 Å². The summed E-state index contributed by atoms with van der Waals surface area (Å²) in [5, 5.41) is 26.5. The van der Waals surface area contributed by atoms with E-state index in [0.29, 0.717) is 4.24 Å². The molecule has 78 valence electrons. The molecule has 5 nitrogen and oxygen atoms in total. The van der Waals surface area contributed by atoms with Crippen molar-refractivity contribution >= 4 is 35.3 Å². The van der Waals surface area contributed by atoms with Crippen LogP contribution in [0.4, 0.5) is 0 Å². The monoisotopic (exact) mass is 236 g/mol. The van der Waals surface area contributed by atoms with E-state index in [0.717, 1.165) is 29.6 Å². The number of carbonyl (C=O) groups excluding carboxylic acids is 1. The van der Waals surface area contributed by atoms with Crippen LogP contribution in [0.3, 0.4) is 0 Å². The Morgan fingerprint density at radius 1 is 1.29 bits per heavy atom. The van der Waals surface area contributed by atoms with Crippen molar-refractivity contribution in [3.05, 3.63) is 10.3 Å². The third-order valence-electron chi connectivity index (χ3n) is 1.32. The molecule has 2 unspecified atom stereocenters. The Hall–Kier alpha value is -0.500. The number of carboxylic acids is 1. The zero-order valence-electron chi connectivity index (χ0n) is 6.91. The summed E-state index contributed by atoms with van der Waals surface area (Å²) in [4.78, 5) is 21.1. The molecule has 1 aliphatic heterocycles. The number of allylic oxidation sites excluding steroid dienone is 1. The molecule has 0 spiro atoms. The van der Waals surface area contributed by atoms with E-state index in [9.17, 15) is 9.59 Å². The van der Waals surface area contributed by atoms with Crippen molar-refractivity contribution in [2.24, 2.45) is 0 Å². The Balaban J connectivity index is 2.53. The van der Waals surface area contributed by atoms with Crippen LogP contribution < -0.4 is 0 Å². The molecule has 3 N–H and O–H groups in total. The minimum atomic E-state index is -1.19. The summed E-state index contributed by atoms with van der Waals surface area (Å²) in [5.41, 5.74) is -1.91. The summed E-state index contributed by atoms with van der Waals surface area (Å²) in [7, 11) is 0. The second-order valence-electron chi connectivity index (χ2n) is 2.52. The van der Waals surface area contributed by atoms with E-state index in [1.807, 2.05) is 0 Å². The Morgan fingerprint density at radius 3 is 2.21 bits per heavy atom. The molecule has 1 heterocycles. The smallest absolute Gasteiger partial charge is 0.311 e. The largest absolute Gasteiger partial charge is 0.481 e. The summed E-state index contributed by atoms with van der Waals surface area (Å²) < 4.78 is 0.441. The SMILES string of the molecule is O=C(O)CC(=O)C=C1SC(O)C(O)S1. The molecule has 0 saturated carbocycles. The minimum Gasteiger partial charge on any atom is -0.481 e. The van der Waals surface area contributed by atoms with Gasteiger partial charge in [-0.2, -0.15) is 0 Å².